The van der Waals surface area contributed by atoms with E-state index < -0.39 is 0 Å². The predicted molar refractivity (Wildman–Crippen MR) is 139 cm³/mol. The largest absolute Gasteiger partial charge is 0.347 e. The number of aromatic nitrogens is 2. The fourth-order valence-corrected chi connectivity index (χ4v) is 4.57. The molecule has 2 heterocycles. The molecule has 0 radical (unpaired) electrons. The number of carbonyl (C=O) groups excluding carboxylic acids is 1. The Bertz CT molecular complexity index is 957. The van der Waals surface area contributed by atoms with E-state index in [1.807, 2.05) is 24.8 Å². The van der Waals surface area contributed by atoms with E-state index in [-0.39, 0.29) is 6.03 Å². The van der Waals surface area contributed by atoms with Crippen molar-refractivity contribution in [2.24, 2.45) is 0 Å². The molecule has 0 aliphatic carbocycles. The van der Waals surface area contributed by atoms with E-state index in [9.17, 15) is 4.79 Å². The van der Waals surface area contributed by atoms with E-state index in [4.69, 9.17) is 0 Å². The topological polar surface area (TPSA) is 67.5 Å². The van der Waals surface area contributed by atoms with Gasteiger partial charge in [0.2, 0.25) is 0 Å². The molecule has 3 aromatic rings. The normalized spacial score (nSPS) is 13.9. The standard InChI is InChI=1S/C24H30N6OS.C2H6/c1-28(18-20-5-3-2-4-6-20)32-22-9-7-21(8-10-22)19-29-13-15-30(16-14-29)24(31)27-17-23-25-11-12-26-23;1-2/h2-12H,13-19H2,1H3,(H,25,26)(H,27,31);1-2H3. The van der Waals surface area contributed by atoms with Crippen molar-refractivity contribution in [1.29, 1.82) is 0 Å². The van der Waals surface area contributed by atoms with Crippen molar-refractivity contribution in [2.75, 3.05) is 33.2 Å². The van der Waals surface area contributed by atoms with Crippen molar-refractivity contribution in [2.45, 2.75) is 38.4 Å². The average molecular weight is 481 g/mol. The number of nitrogens with one attached hydrogen (secondary N) is 2. The molecule has 4 rings (SSSR count). The van der Waals surface area contributed by atoms with E-state index >= 15 is 0 Å². The number of benzene rings is 2. The second-order valence-electron chi connectivity index (χ2n) is 7.96. The van der Waals surface area contributed by atoms with Gasteiger partial charge in [0.15, 0.2) is 0 Å². The molecule has 2 aromatic carbocycles. The molecule has 2 amide bonds. The molecule has 0 spiro atoms. The van der Waals surface area contributed by atoms with Crippen LogP contribution >= 0.6 is 11.9 Å². The van der Waals surface area contributed by atoms with Crippen LogP contribution in [0.5, 0.6) is 0 Å². The number of piperazine rings is 1. The van der Waals surface area contributed by atoms with E-state index in [2.05, 4.69) is 80.1 Å². The molecule has 182 valence electrons. The lowest BCUT2D eigenvalue weighted by Gasteiger charge is -2.34. The van der Waals surface area contributed by atoms with Gasteiger partial charge in [-0.15, -0.1) is 0 Å². The van der Waals surface area contributed by atoms with Gasteiger partial charge in [0, 0.05) is 56.6 Å². The third-order valence-electron chi connectivity index (χ3n) is 5.46. The molecule has 34 heavy (non-hydrogen) atoms. The zero-order valence-corrected chi connectivity index (χ0v) is 21.2. The van der Waals surface area contributed by atoms with Crippen LogP contribution in [0.2, 0.25) is 0 Å². The van der Waals surface area contributed by atoms with Gasteiger partial charge in [-0.3, -0.25) is 4.90 Å². The molecule has 1 fully saturated rings. The smallest absolute Gasteiger partial charge is 0.317 e. The van der Waals surface area contributed by atoms with E-state index in [0.717, 1.165) is 45.1 Å². The van der Waals surface area contributed by atoms with Crippen LogP contribution in [0.3, 0.4) is 0 Å². The third kappa shape index (κ3) is 8.20. The lowest BCUT2D eigenvalue weighted by molar-refractivity contribution is 0.135. The van der Waals surface area contributed by atoms with Gasteiger partial charge in [0.05, 0.1) is 6.54 Å². The number of hydrogen-bond donors (Lipinski definition) is 2. The quantitative estimate of drug-likeness (QED) is 0.461. The average Bonchev–Trinajstić information content (AvgIpc) is 3.40. The zero-order chi connectivity index (χ0) is 24.2. The maximum absolute atomic E-state index is 12.3. The third-order valence-corrected chi connectivity index (χ3v) is 6.38. The maximum Gasteiger partial charge on any atom is 0.317 e. The Labute approximate surface area is 207 Å². The lowest BCUT2D eigenvalue weighted by Crippen LogP contribution is -2.51. The summed E-state index contributed by atoms with van der Waals surface area (Å²) in [4.78, 5) is 25.0. The van der Waals surface area contributed by atoms with E-state index in [1.54, 1.807) is 24.3 Å². The number of aromatic amines is 1. The van der Waals surface area contributed by atoms with E-state index in [1.165, 1.54) is 16.0 Å². The summed E-state index contributed by atoms with van der Waals surface area (Å²) >= 11 is 1.76. The molecule has 1 aliphatic rings. The Balaban J connectivity index is 0.00000158. The maximum atomic E-state index is 12.3. The second-order valence-corrected chi connectivity index (χ2v) is 9.24. The monoisotopic (exact) mass is 480 g/mol. The number of imidazole rings is 1. The first-order chi connectivity index (χ1) is 16.7. The van der Waals surface area contributed by atoms with Gasteiger partial charge in [-0.05, 0) is 42.3 Å². The van der Waals surface area contributed by atoms with Crippen LogP contribution in [0.25, 0.3) is 0 Å². The molecule has 8 heteroatoms. The van der Waals surface area contributed by atoms with Crippen molar-refractivity contribution in [1.82, 2.24) is 29.4 Å². The molecule has 1 saturated heterocycles. The molecule has 2 N–H and O–H groups in total. The first-order valence-corrected chi connectivity index (χ1v) is 12.7. The number of amides is 2. The minimum atomic E-state index is -0.0259. The van der Waals surface area contributed by atoms with Crippen LogP contribution in [0, 0.1) is 0 Å². The van der Waals surface area contributed by atoms with Gasteiger partial charge in [-0.1, -0.05) is 56.3 Å². The number of H-pyrrole nitrogens is 1. The van der Waals surface area contributed by atoms with Crippen molar-refractivity contribution >= 4 is 18.0 Å². The Hall–Kier alpha value is -2.81. The van der Waals surface area contributed by atoms with Gasteiger partial charge < -0.3 is 15.2 Å². The first-order valence-electron chi connectivity index (χ1n) is 11.9. The van der Waals surface area contributed by atoms with Crippen LogP contribution in [0.15, 0.2) is 71.9 Å². The molecule has 0 unspecified atom stereocenters. The summed E-state index contributed by atoms with van der Waals surface area (Å²) in [7, 11) is 2.12. The van der Waals surface area contributed by atoms with E-state index in [0.29, 0.717) is 6.54 Å². The summed E-state index contributed by atoms with van der Waals surface area (Å²) in [6, 6.07) is 19.3. The predicted octanol–water partition coefficient (Wildman–Crippen LogP) is 4.60. The summed E-state index contributed by atoms with van der Waals surface area (Å²) < 4.78 is 2.25. The number of carbonyl (C=O) groups is 1. The van der Waals surface area contributed by atoms with Crippen LogP contribution in [-0.4, -0.2) is 63.3 Å². The van der Waals surface area contributed by atoms with Crippen LogP contribution in [-0.2, 0) is 19.6 Å². The highest BCUT2D eigenvalue weighted by Crippen LogP contribution is 2.23. The fraction of sp³-hybridized carbons (Fsp3) is 0.385. The van der Waals surface area contributed by atoms with Crippen molar-refractivity contribution in [3.63, 3.8) is 0 Å². The minimum absolute atomic E-state index is 0.0259. The summed E-state index contributed by atoms with van der Waals surface area (Å²) in [5, 5.41) is 2.92. The Morgan fingerprint density at radius 1 is 1.03 bits per heavy atom. The van der Waals surface area contributed by atoms with Gasteiger partial charge in [0.25, 0.3) is 0 Å². The Kier molecular flexibility index (Phi) is 10.5. The molecule has 0 atom stereocenters. The minimum Gasteiger partial charge on any atom is -0.347 e. The number of nitrogens with zero attached hydrogens (tertiary/aromatic N) is 4. The number of urea groups is 1. The molecule has 0 saturated carbocycles. The summed E-state index contributed by atoms with van der Waals surface area (Å²) in [5.41, 5.74) is 2.61. The van der Waals surface area contributed by atoms with Crippen LogP contribution < -0.4 is 5.32 Å². The van der Waals surface area contributed by atoms with Gasteiger partial charge in [-0.25, -0.2) is 14.1 Å². The van der Waals surface area contributed by atoms with Crippen LogP contribution in [0.1, 0.15) is 30.8 Å². The lowest BCUT2D eigenvalue weighted by atomic mass is 10.2. The second kappa shape index (κ2) is 13.8. The number of rotatable bonds is 8. The molecule has 7 nitrogen and oxygen atoms in total. The Morgan fingerprint density at radius 3 is 2.38 bits per heavy atom. The van der Waals surface area contributed by atoms with Gasteiger partial charge in [-0.2, -0.15) is 0 Å². The molecule has 1 aliphatic heterocycles. The highest BCUT2D eigenvalue weighted by atomic mass is 32.2. The van der Waals surface area contributed by atoms with Gasteiger partial charge in [0.1, 0.15) is 5.82 Å². The number of hydrogen-bond acceptors (Lipinski definition) is 5. The summed E-state index contributed by atoms with van der Waals surface area (Å²) in [6.07, 6.45) is 3.45. The SMILES string of the molecule is CC.CN(Cc1ccccc1)Sc1ccc(CN2CCN(C(=O)NCc3ncc[nH]3)CC2)cc1. The summed E-state index contributed by atoms with van der Waals surface area (Å²) in [6.45, 7) is 9.48. The molecular weight excluding hydrogens is 444 g/mol. The fourth-order valence-electron chi connectivity index (χ4n) is 3.74. The highest BCUT2D eigenvalue weighted by Gasteiger charge is 2.21. The highest BCUT2D eigenvalue weighted by molar-refractivity contribution is 7.97. The van der Waals surface area contributed by atoms with Crippen molar-refractivity contribution in [3.8, 4) is 0 Å². The molecular formula is C26H36N6OS. The van der Waals surface area contributed by atoms with Crippen LogP contribution in [0.4, 0.5) is 4.79 Å². The first kappa shape index (κ1) is 25.8. The molecule has 1 aromatic heterocycles. The summed E-state index contributed by atoms with van der Waals surface area (Å²) in [5.74, 6) is 0.768. The molecule has 0 bridgehead atoms. The zero-order valence-electron chi connectivity index (χ0n) is 20.4. The van der Waals surface area contributed by atoms with Crippen molar-refractivity contribution < 1.29 is 4.79 Å². The Morgan fingerprint density at radius 2 is 1.74 bits per heavy atom. The van der Waals surface area contributed by atoms with Crippen molar-refractivity contribution in [3.05, 3.63) is 83.9 Å². The van der Waals surface area contributed by atoms with Gasteiger partial charge >= 0.3 is 6.03 Å².